The Morgan fingerprint density at radius 1 is 1.18 bits per heavy atom. The number of alkyl halides is 1. The third-order valence-electron chi connectivity index (χ3n) is 5.06. The Bertz CT molecular complexity index is 1310. The molecule has 3 aromatic heterocycles. The lowest BCUT2D eigenvalue weighted by atomic mass is 10.1. The number of benzene rings is 1. The van der Waals surface area contributed by atoms with Crippen LogP contribution in [0.3, 0.4) is 0 Å². The zero-order valence-corrected chi connectivity index (χ0v) is 17.3. The molecule has 0 unspecified atom stereocenters. The maximum Gasteiger partial charge on any atom is 0.414 e. The van der Waals surface area contributed by atoms with Crippen molar-refractivity contribution in [1.29, 1.82) is 0 Å². The summed E-state index contributed by atoms with van der Waals surface area (Å²) in [6, 6.07) is 7.87. The lowest BCUT2D eigenvalue weighted by Crippen LogP contribution is -2.26. The fourth-order valence-electron chi connectivity index (χ4n) is 3.50. The Labute approximate surface area is 185 Å². The number of carbonyl (C=O) groups is 1. The Morgan fingerprint density at radius 3 is 2.73 bits per heavy atom. The van der Waals surface area contributed by atoms with Crippen molar-refractivity contribution in [1.82, 2.24) is 40.2 Å². The number of amides is 1. The summed E-state index contributed by atoms with van der Waals surface area (Å²) in [5.74, 6) is -0.145. The number of pyridine rings is 1. The number of cyclic esters (lactones) is 1. The normalized spacial score (nSPS) is 15.8. The summed E-state index contributed by atoms with van der Waals surface area (Å²) in [4.78, 5) is 19.3. The number of ether oxygens (including phenoxy) is 1. The summed E-state index contributed by atoms with van der Waals surface area (Å²) in [6.45, 7) is -0.310. The first-order valence-corrected chi connectivity index (χ1v) is 9.93. The van der Waals surface area contributed by atoms with Gasteiger partial charge in [0.1, 0.15) is 30.0 Å². The van der Waals surface area contributed by atoms with Crippen LogP contribution >= 0.6 is 0 Å². The second-order valence-electron chi connectivity index (χ2n) is 7.38. The minimum atomic E-state index is -0.725. The molecule has 1 aliphatic rings. The van der Waals surface area contributed by atoms with Gasteiger partial charge in [-0.15, -0.1) is 15.3 Å². The van der Waals surface area contributed by atoms with E-state index in [4.69, 9.17) is 4.74 Å². The second-order valence-corrected chi connectivity index (χ2v) is 7.38. The first-order chi connectivity index (χ1) is 16.0. The Hall–Kier alpha value is -4.29. The van der Waals surface area contributed by atoms with Crippen LogP contribution in [0.2, 0.25) is 0 Å². The highest BCUT2D eigenvalue weighted by Crippen LogP contribution is 2.29. The molecule has 0 radical (unpaired) electrons. The average Bonchev–Trinajstić information content (AvgIpc) is 3.54. The zero-order chi connectivity index (χ0) is 22.9. The van der Waals surface area contributed by atoms with E-state index in [0.717, 1.165) is 0 Å². The molecule has 1 saturated heterocycles. The van der Waals surface area contributed by atoms with Crippen LogP contribution in [0.1, 0.15) is 5.69 Å². The molecule has 4 aromatic rings. The van der Waals surface area contributed by atoms with E-state index < -0.39 is 24.7 Å². The van der Waals surface area contributed by atoms with E-state index >= 15 is 0 Å². The van der Waals surface area contributed by atoms with Gasteiger partial charge in [0.15, 0.2) is 0 Å². The van der Waals surface area contributed by atoms with Gasteiger partial charge in [-0.25, -0.2) is 18.3 Å². The van der Waals surface area contributed by atoms with Crippen LogP contribution in [0.5, 0.6) is 0 Å². The summed E-state index contributed by atoms with van der Waals surface area (Å²) in [7, 11) is 1.65. The van der Waals surface area contributed by atoms with Crippen molar-refractivity contribution in [3.05, 3.63) is 54.2 Å². The van der Waals surface area contributed by atoms with Gasteiger partial charge in [0.05, 0.1) is 32.0 Å². The molecule has 1 aromatic carbocycles. The number of hydrogen-bond donors (Lipinski definition) is 0. The van der Waals surface area contributed by atoms with Gasteiger partial charge < -0.3 is 4.74 Å². The molecule has 11 nitrogen and oxygen atoms in total. The minimum Gasteiger partial charge on any atom is -0.442 e. The molecule has 1 aliphatic heterocycles. The van der Waals surface area contributed by atoms with Crippen LogP contribution < -0.4 is 4.90 Å². The highest BCUT2D eigenvalue weighted by atomic mass is 19.1. The molecule has 33 heavy (non-hydrogen) atoms. The molecular formula is C20H17F2N9O2. The van der Waals surface area contributed by atoms with Gasteiger partial charge in [-0.1, -0.05) is 11.3 Å². The topological polar surface area (TPSA) is 117 Å². The lowest BCUT2D eigenvalue weighted by Gasteiger charge is -2.14. The number of aromatic nitrogens is 8. The summed E-state index contributed by atoms with van der Waals surface area (Å²) >= 11 is 0. The van der Waals surface area contributed by atoms with Crippen LogP contribution in [0.15, 0.2) is 42.7 Å². The van der Waals surface area contributed by atoms with E-state index in [1.54, 1.807) is 31.3 Å². The van der Waals surface area contributed by atoms with Gasteiger partial charge >= 0.3 is 6.09 Å². The molecular weight excluding hydrogens is 436 g/mol. The molecule has 0 bridgehead atoms. The number of halogens is 2. The molecule has 13 heteroatoms. The highest BCUT2D eigenvalue weighted by molar-refractivity contribution is 5.90. The first kappa shape index (κ1) is 20.6. The predicted molar refractivity (Wildman–Crippen MR) is 110 cm³/mol. The van der Waals surface area contributed by atoms with Gasteiger partial charge in [0.25, 0.3) is 0 Å². The fraction of sp³-hybridized carbons (Fsp3) is 0.250. The zero-order valence-electron chi connectivity index (χ0n) is 17.3. The number of anilines is 1. The van der Waals surface area contributed by atoms with E-state index in [1.807, 2.05) is 0 Å². The second kappa shape index (κ2) is 8.33. The number of tetrazole rings is 1. The summed E-state index contributed by atoms with van der Waals surface area (Å²) in [5.41, 5.74) is 1.96. The van der Waals surface area contributed by atoms with Crippen molar-refractivity contribution in [3.63, 3.8) is 0 Å². The van der Waals surface area contributed by atoms with Crippen molar-refractivity contribution in [2.45, 2.75) is 19.3 Å². The Kier molecular flexibility index (Phi) is 5.20. The molecule has 1 amide bonds. The first-order valence-electron chi connectivity index (χ1n) is 9.93. The minimum absolute atomic E-state index is 0.198. The summed E-state index contributed by atoms with van der Waals surface area (Å²) in [6.07, 6.45) is 1.85. The lowest BCUT2D eigenvalue weighted by molar-refractivity contribution is 0.129. The van der Waals surface area contributed by atoms with Crippen molar-refractivity contribution < 1.29 is 18.3 Å². The maximum absolute atomic E-state index is 14.9. The quantitative estimate of drug-likeness (QED) is 0.436. The van der Waals surface area contributed by atoms with Gasteiger partial charge in [-0.3, -0.25) is 9.88 Å². The van der Waals surface area contributed by atoms with Crippen LogP contribution in [0.4, 0.5) is 19.3 Å². The highest BCUT2D eigenvalue weighted by Gasteiger charge is 2.33. The largest absolute Gasteiger partial charge is 0.442 e. The number of nitrogens with zero attached hydrogens (tertiary/aromatic N) is 9. The fourth-order valence-corrected chi connectivity index (χ4v) is 3.50. The van der Waals surface area contributed by atoms with Crippen molar-refractivity contribution in [2.75, 3.05) is 11.4 Å². The molecule has 5 rings (SSSR count). The summed E-state index contributed by atoms with van der Waals surface area (Å²) in [5, 5.41) is 19.2. The van der Waals surface area contributed by atoms with Crippen LogP contribution in [0.25, 0.3) is 22.6 Å². The van der Waals surface area contributed by atoms with E-state index in [2.05, 4.69) is 30.7 Å². The number of hydrogen-bond acceptors (Lipinski definition) is 8. The maximum atomic E-state index is 14.9. The van der Waals surface area contributed by atoms with Gasteiger partial charge in [0.2, 0.25) is 5.82 Å². The molecule has 4 heterocycles. The van der Waals surface area contributed by atoms with Gasteiger partial charge in [-0.2, -0.15) is 4.80 Å². The van der Waals surface area contributed by atoms with Crippen LogP contribution in [-0.4, -0.2) is 58.9 Å². The van der Waals surface area contributed by atoms with Crippen molar-refractivity contribution in [2.24, 2.45) is 7.05 Å². The van der Waals surface area contributed by atoms with E-state index in [9.17, 15) is 13.6 Å². The standard InChI is InChI=1S/C20H17F2N9O2/c1-29-26-19(25-27-29)18-5-2-12(8-23-18)16-4-3-14(6-17(16)22)31-11-15(33-20(31)32)10-30-9-13(7-21)24-28-30/h2-6,8-9,15H,7,10-11H2,1H3/t15-/m0/s1. The molecule has 1 atom stereocenters. The molecule has 168 valence electrons. The predicted octanol–water partition coefficient (Wildman–Crippen LogP) is 2.16. The molecule has 1 fully saturated rings. The van der Waals surface area contributed by atoms with Crippen LogP contribution in [0, 0.1) is 5.82 Å². The molecule has 0 saturated carbocycles. The van der Waals surface area contributed by atoms with E-state index in [-0.39, 0.29) is 18.8 Å². The SMILES string of the molecule is Cn1nnc(-c2ccc(-c3ccc(N4C[C@H](Cn5cc(CF)nn5)OC4=O)cc3F)cn2)n1. The molecule has 0 spiro atoms. The van der Waals surface area contributed by atoms with E-state index in [1.165, 1.54) is 32.8 Å². The smallest absolute Gasteiger partial charge is 0.414 e. The third kappa shape index (κ3) is 4.12. The summed E-state index contributed by atoms with van der Waals surface area (Å²) < 4.78 is 34.3. The monoisotopic (exact) mass is 453 g/mol. The molecule has 0 N–H and O–H groups in total. The van der Waals surface area contributed by atoms with Crippen molar-refractivity contribution >= 4 is 11.8 Å². The Morgan fingerprint density at radius 2 is 2.06 bits per heavy atom. The number of aryl methyl sites for hydroxylation is 1. The third-order valence-corrected chi connectivity index (χ3v) is 5.06. The number of rotatable bonds is 6. The molecule has 0 aliphatic carbocycles. The average molecular weight is 453 g/mol. The van der Waals surface area contributed by atoms with Gasteiger partial charge in [-0.05, 0) is 29.5 Å². The van der Waals surface area contributed by atoms with Crippen molar-refractivity contribution in [3.8, 4) is 22.6 Å². The van der Waals surface area contributed by atoms with E-state index in [0.29, 0.717) is 28.3 Å². The van der Waals surface area contributed by atoms with Gasteiger partial charge in [0, 0.05) is 17.3 Å². The number of carbonyl (C=O) groups excluding carboxylic acids is 1. The Balaban J connectivity index is 1.30. The van der Waals surface area contributed by atoms with Crippen LogP contribution in [-0.2, 0) is 25.0 Å².